The number of carbonyl (C=O) groups is 1. The second-order valence-electron chi connectivity index (χ2n) is 7.16. The molecule has 27 heavy (non-hydrogen) atoms. The first kappa shape index (κ1) is 18.7. The Labute approximate surface area is 168 Å². The van der Waals surface area contributed by atoms with E-state index < -0.39 is 9.84 Å². The highest BCUT2D eigenvalue weighted by Gasteiger charge is 2.49. The van der Waals surface area contributed by atoms with E-state index in [-0.39, 0.29) is 36.0 Å². The number of sulfone groups is 1. The number of amides is 1. The van der Waals surface area contributed by atoms with E-state index in [9.17, 15) is 13.2 Å². The second-order valence-corrected chi connectivity index (χ2v) is 10.2. The van der Waals surface area contributed by atoms with Crippen LogP contribution in [-0.4, -0.2) is 55.9 Å². The van der Waals surface area contributed by atoms with Gasteiger partial charge in [-0.2, -0.15) is 0 Å². The smallest absolute Gasteiger partial charge is 0.241 e. The Morgan fingerprint density at radius 2 is 1.63 bits per heavy atom. The number of rotatable bonds is 4. The molecular weight excluding hydrogens is 428 g/mol. The van der Waals surface area contributed by atoms with Crippen molar-refractivity contribution in [3.8, 4) is 0 Å². The lowest BCUT2D eigenvalue weighted by Crippen LogP contribution is -2.62. The molecule has 142 valence electrons. The lowest BCUT2D eigenvalue weighted by molar-refractivity contribution is -0.123. The van der Waals surface area contributed by atoms with E-state index in [0.717, 1.165) is 16.6 Å². The normalized spacial score (nSPS) is 24.8. The van der Waals surface area contributed by atoms with Crippen molar-refractivity contribution in [3.63, 3.8) is 0 Å². The standard InChI is InChI=1S/C20H21BrN2O3S/c21-16-6-8-17(9-7-16)23-19-14-27(25,26)13-18(19)22(12-20(23)24)11-10-15-4-2-1-3-5-15/h1-9,18-19H,10-14H2/t18-,19+/m0/s1. The quantitative estimate of drug-likeness (QED) is 0.720. The van der Waals surface area contributed by atoms with Crippen LogP contribution in [0, 0.1) is 0 Å². The number of nitrogens with zero attached hydrogens (tertiary/aromatic N) is 2. The van der Waals surface area contributed by atoms with Crippen molar-refractivity contribution < 1.29 is 13.2 Å². The van der Waals surface area contributed by atoms with Crippen LogP contribution in [0.5, 0.6) is 0 Å². The molecule has 2 fully saturated rings. The molecule has 7 heteroatoms. The van der Waals surface area contributed by atoms with Gasteiger partial charge in [-0.3, -0.25) is 9.69 Å². The molecule has 2 aliphatic heterocycles. The summed E-state index contributed by atoms with van der Waals surface area (Å²) >= 11 is 3.40. The second kappa shape index (κ2) is 7.37. The summed E-state index contributed by atoms with van der Waals surface area (Å²) in [5, 5.41) is 0. The first-order valence-electron chi connectivity index (χ1n) is 8.99. The van der Waals surface area contributed by atoms with Gasteiger partial charge in [0, 0.05) is 22.7 Å². The minimum atomic E-state index is -3.16. The fourth-order valence-electron chi connectivity index (χ4n) is 4.06. The van der Waals surface area contributed by atoms with Crippen molar-refractivity contribution in [2.24, 2.45) is 0 Å². The van der Waals surface area contributed by atoms with Gasteiger partial charge in [0.2, 0.25) is 5.91 Å². The molecule has 0 N–H and O–H groups in total. The molecule has 2 aliphatic rings. The van der Waals surface area contributed by atoms with Gasteiger partial charge in [0.1, 0.15) is 0 Å². The molecule has 2 aromatic carbocycles. The van der Waals surface area contributed by atoms with Gasteiger partial charge in [-0.15, -0.1) is 0 Å². The molecule has 0 aromatic heterocycles. The van der Waals surface area contributed by atoms with Crippen LogP contribution < -0.4 is 4.90 Å². The van der Waals surface area contributed by atoms with Gasteiger partial charge < -0.3 is 4.90 Å². The van der Waals surface area contributed by atoms with Gasteiger partial charge in [0.25, 0.3) is 0 Å². The number of piperazine rings is 1. The summed E-state index contributed by atoms with van der Waals surface area (Å²) in [7, 11) is -3.16. The number of anilines is 1. The van der Waals surface area contributed by atoms with Crippen molar-refractivity contribution in [2.75, 3.05) is 29.5 Å². The molecule has 5 nitrogen and oxygen atoms in total. The fraction of sp³-hybridized carbons (Fsp3) is 0.350. The number of halogens is 1. The van der Waals surface area contributed by atoms with Gasteiger partial charge in [0.05, 0.1) is 24.1 Å². The topological polar surface area (TPSA) is 57.7 Å². The average molecular weight is 449 g/mol. The summed E-state index contributed by atoms with van der Waals surface area (Å²) in [6.07, 6.45) is 0.801. The molecule has 0 radical (unpaired) electrons. The maximum atomic E-state index is 12.9. The van der Waals surface area contributed by atoms with Crippen molar-refractivity contribution in [1.29, 1.82) is 0 Å². The highest BCUT2D eigenvalue weighted by atomic mass is 79.9. The first-order chi connectivity index (χ1) is 12.9. The Morgan fingerprint density at radius 1 is 0.963 bits per heavy atom. The zero-order valence-corrected chi connectivity index (χ0v) is 17.2. The van der Waals surface area contributed by atoms with Crippen LogP contribution >= 0.6 is 15.9 Å². The predicted molar refractivity (Wildman–Crippen MR) is 110 cm³/mol. The molecule has 1 amide bonds. The van der Waals surface area contributed by atoms with Crippen LogP contribution in [0.3, 0.4) is 0 Å². The molecule has 0 saturated carbocycles. The zero-order valence-electron chi connectivity index (χ0n) is 14.8. The summed E-state index contributed by atoms with van der Waals surface area (Å²) < 4.78 is 25.7. The molecular formula is C20H21BrN2O3S. The van der Waals surface area contributed by atoms with Crippen LogP contribution in [0.1, 0.15) is 5.56 Å². The highest BCUT2D eigenvalue weighted by molar-refractivity contribution is 9.10. The number of fused-ring (bicyclic) bond motifs is 1. The van der Waals surface area contributed by atoms with E-state index in [1.54, 1.807) is 4.90 Å². The van der Waals surface area contributed by atoms with Gasteiger partial charge in [-0.05, 0) is 36.2 Å². The maximum Gasteiger partial charge on any atom is 0.241 e. The Kier molecular flexibility index (Phi) is 5.09. The van der Waals surface area contributed by atoms with Crippen molar-refractivity contribution in [2.45, 2.75) is 18.5 Å². The van der Waals surface area contributed by atoms with Gasteiger partial charge in [0.15, 0.2) is 9.84 Å². The van der Waals surface area contributed by atoms with Crippen molar-refractivity contribution >= 4 is 37.4 Å². The van der Waals surface area contributed by atoms with E-state index in [4.69, 9.17) is 0 Å². The van der Waals surface area contributed by atoms with Crippen LogP contribution in [0.25, 0.3) is 0 Å². The predicted octanol–water partition coefficient (Wildman–Crippen LogP) is 2.51. The molecule has 2 saturated heterocycles. The minimum Gasteiger partial charge on any atom is -0.306 e. The Bertz CT molecular complexity index is 931. The monoisotopic (exact) mass is 448 g/mol. The van der Waals surface area contributed by atoms with Crippen LogP contribution in [-0.2, 0) is 21.1 Å². The summed E-state index contributed by atoms with van der Waals surface area (Å²) in [6, 6.07) is 17.1. The van der Waals surface area contributed by atoms with Crippen LogP contribution in [0.4, 0.5) is 5.69 Å². The summed E-state index contributed by atoms with van der Waals surface area (Å²) in [5.41, 5.74) is 1.95. The van der Waals surface area contributed by atoms with Crippen molar-refractivity contribution in [1.82, 2.24) is 4.90 Å². The molecule has 2 aromatic rings. The van der Waals surface area contributed by atoms with Gasteiger partial charge in [-0.1, -0.05) is 46.3 Å². The fourth-order valence-corrected chi connectivity index (χ4v) is 6.30. The number of hydrogen-bond acceptors (Lipinski definition) is 4. The molecule has 0 aliphatic carbocycles. The largest absolute Gasteiger partial charge is 0.306 e. The summed E-state index contributed by atoms with van der Waals surface area (Å²) in [4.78, 5) is 16.7. The molecule has 2 atom stereocenters. The van der Waals surface area contributed by atoms with Crippen molar-refractivity contribution in [3.05, 3.63) is 64.6 Å². The minimum absolute atomic E-state index is 0.0291. The van der Waals surface area contributed by atoms with E-state index in [1.165, 1.54) is 5.56 Å². The third kappa shape index (κ3) is 3.95. The summed E-state index contributed by atoms with van der Waals surface area (Å²) in [6.45, 7) is 0.931. The van der Waals surface area contributed by atoms with Crippen LogP contribution in [0.2, 0.25) is 0 Å². The van der Waals surface area contributed by atoms with Gasteiger partial charge >= 0.3 is 0 Å². The number of carbonyl (C=O) groups excluding carboxylic acids is 1. The molecule has 0 spiro atoms. The van der Waals surface area contributed by atoms with Gasteiger partial charge in [-0.25, -0.2) is 8.42 Å². The third-order valence-corrected chi connectivity index (χ3v) is 7.56. The SMILES string of the molecule is O=C1CN(CCc2ccccc2)[C@H]2CS(=O)(=O)C[C@H]2N1c1ccc(Br)cc1. The highest BCUT2D eigenvalue weighted by Crippen LogP contribution is 2.32. The van der Waals surface area contributed by atoms with Crippen LogP contribution in [0.15, 0.2) is 59.1 Å². The molecule has 0 unspecified atom stereocenters. The van der Waals surface area contributed by atoms with E-state index in [1.807, 2.05) is 42.5 Å². The lowest BCUT2D eigenvalue weighted by Gasteiger charge is -2.43. The number of benzene rings is 2. The Hall–Kier alpha value is -1.70. The van der Waals surface area contributed by atoms with E-state index >= 15 is 0 Å². The van der Waals surface area contributed by atoms with E-state index in [0.29, 0.717) is 6.54 Å². The molecule has 2 heterocycles. The first-order valence-corrected chi connectivity index (χ1v) is 11.6. The Morgan fingerprint density at radius 3 is 2.33 bits per heavy atom. The summed E-state index contributed by atoms with van der Waals surface area (Å²) in [5.74, 6) is 0.109. The van der Waals surface area contributed by atoms with E-state index in [2.05, 4.69) is 33.0 Å². The third-order valence-electron chi connectivity index (χ3n) is 5.34. The molecule has 0 bridgehead atoms. The lowest BCUT2D eigenvalue weighted by atomic mass is 10.0. The average Bonchev–Trinajstić information content (AvgIpc) is 2.97. The zero-order chi connectivity index (χ0) is 19.0. The number of hydrogen-bond donors (Lipinski definition) is 0. The maximum absolute atomic E-state index is 12.9. The molecule has 4 rings (SSSR count). The Balaban J connectivity index is 1.59.